The SMILES string of the molecule is CC1=C(C(=O)O)N2C(=O)C(NC(=O)[C@H](NC(=O)N3CCN(c4ccccc4)C3=O)c3ccccc3)[C@H]2SC1. The van der Waals surface area contributed by atoms with Crippen LogP contribution >= 0.6 is 11.8 Å². The van der Waals surface area contributed by atoms with Gasteiger partial charge in [0.15, 0.2) is 0 Å². The number of nitrogens with one attached hydrogen (secondary N) is 2. The van der Waals surface area contributed by atoms with E-state index in [4.69, 9.17) is 0 Å². The van der Waals surface area contributed by atoms with Crippen molar-refractivity contribution in [3.8, 4) is 0 Å². The summed E-state index contributed by atoms with van der Waals surface area (Å²) < 4.78 is 0. The number of amides is 6. The number of thioether (sulfide) groups is 1. The van der Waals surface area contributed by atoms with Crippen LogP contribution in [0.2, 0.25) is 0 Å². The highest BCUT2D eigenvalue weighted by Crippen LogP contribution is 2.40. The number of carbonyl (C=O) groups excluding carboxylic acids is 4. The van der Waals surface area contributed by atoms with Crippen LogP contribution in [-0.4, -0.2) is 75.0 Å². The van der Waals surface area contributed by atoms with Crippen molar-refractivity contribution in [2.24, 2.45) is 0 Å². The minimum Gasteiger partial charge on any atom is -0.477 e. The Morgan fingerprint density at radius 2 is 1.66 bits per heavy atom. The Morgan fingerprint density at radius 3 is 2.32 bits per heavy atom. The number of urea groups is 2. The summed E-state index contributed by atoms with van der Waals surface area (Å²) in [5.41, 5.74) is 1.64. The van der Waals surface area contributed by atoms with Gasteiger partial charge >= 0.3 is 18.0 Å². The second-order valence-corrected chi connectivity index (χ2v) is 10.1. The van der Waals surface area contributed by atoms with Crippen LogP contribution in [0.1, 0.15) is 18.5 Å². The molecule has 12 heteroatoms. The van der Waals surface area contributed by atoms with Crippen LogP contribution in [0, 0.1) is 0 Å². The van der Waals surface area contributed by atoms with Gasteiger partial charge in [0.05, 0.1) is 6.54 Å². The third-order valence-electron chi connectivity index (χ3n) is 6.64. The first-order chi connectivity index (χ1) is 18.3. The van der Waals surface area contributed by atoms with Crippen molar-refractivity contribution >= 4 is 47.3 Å². The predicted octanol–water partition coefficient (Wildman–Crippen LogP) is 2.14. The fourth-order valence-corrected chi connectivity index (χ4v) is 6.02. The van der Waals surface area contributed by atoms with Crippen molar-refractivity contribution in [3.63, 3.8) is 0 Å². The molecule has 2 fully saturated rings. The number of carbonyl (C=O) groups is 5. The summed E-state index contributed by atoms with van der Waals surface area (Å²) in [6.07, 6.45) is 0. The number of β-lactam (4-membered cyclic amide) rings is 1. The van der Waals surface area contributed by atoms with Crippen molar-refractivity contribution in [1.29, 1.82) is 0 Å². The summed E-state index contributed by atoms with van der Waals surface area (Å²) in [6.45, 7) is 2.11. The van der Waals surface area contributed by atoms with Crippen molar-refractivity contribution in [2.45, 2.75) is 24.4 Å². The minimum atomic E-state index is -1.19. The first-order valence-electron chi connectivity index (χ1n) is 12.0. The summed E-state index contributed by atoms with van der Waals surface area (Å²) in [7, 11) is 0. The molecule has 3 N–H and O–H groups in total. The lowest BCUT2D eigenvalue weighted by Gasteiger charge is -2.49. The van der Waals surface area contributed by atoms with E-state index in [1.165, 1.54) is 21.6 Å². The van der Waals surface area contributed by atoms with E-state index in [9.17, 15) is 29.1 Å². The van der Waals surface area contributed by atoms with Crippen LogP contribution in [0.4, 0.5) is 15.3 Å². The molecule has 2 aromatic carbocycles. The van der Waals surface area contributed by atoms with E-state index in [0.29, 0.717) is 29.1 Å². The topological polar surface area (TPSA) is 139 Å². The number of rotatable bonds is 6. The van der Waals surface area contributed by atoms with Gasteiger partial charge in [-0.25, -0.2) is 19.3 Å². The van der Waals surface area contributed by atoms with Gasteiger partial charge in [-0.05, 0) is 30.2 Å². The second-order valence-electron chi connectivity index (χ2n) is 9.04. The van der Waals surface area contributed by atoms with E-state index >= 15 is 0 Å². The van der Waals surface area contributed by atoms with Crippen LogP contribution in [0.25, 0.3) is 0 Å². The third kappa shape index (κ3) is 4.47. The molecule has 5 rings (SSSR count). The number of benzene rings is 2. The van der Waals surface area contributed by atoms with Crippen LogP contribution in [0.15, 0.2) is 71.9 Å². The lowest BCUT2D eigenvalue weighted by Crippen LogP contribution is -2.71. The zero-order valence-electron chi connectivity index (χ0n) is 20.4. The molecule has 1 unspecified atom stereocenters. The molecule has 3 aliphatic heterocycles. The summed E-state index contributed by atoms with van der Waals surface area (Å²) in [4.78, 5) is 67.8. The number of anilines is 1. The smallest absolute Gasteiger partial charge is 0.352 e. The molecule has 0 saturated carbocycles. The fraction of sp³-hybridized carbons (Fsp3) is 0.269. The van der Waals surface area contributed by atoms with Crippen LogP contribution in [0.3, 0.4) is 0 Å². The summed E-state index contributed by atoms with van der Waals surface area (Å²) in [5.74, 6) is -1.95. The van der Waals surface area contributed by atoms with E-state index in [2.05, 4.69) is 10.6 Å². The van der Waals surface area contributed by atoms with Gasteiger partial charge in [0.1, 0.15) is 23.2 Å². The number of carboxylic acid groups (broad SMARTS) is 1. The van der Waals surface area contributed by atoms with Crippen LogP contribution in [-0.2, 0) is 14.4 Å². The Balaban J connectivity index is 1.31. The summed E-state index contributed by atoms with van der Waals surface area (Å²) in [5, 5.41) is 14.3. The van der Waals surface area contributed by atoms with Gasteiger partial charge in [0, 0.05) is 18.0 Å². The Labute approximate surface area is 222 Å². The third-order valence-corrected chi connectivity index (χ3v) is 8.07. The molecule has 0 bridgehead atoms. The van der Waals surface area contributed by atoms with E-state index in [-0.39, 0.29) is 12.2 Å². The Kier molecular flexibility index (Phi) is 6.81. The number of aliphatic carboxylic acids is 1. The molecule has 0 spiro atoms. The standard InChI is InChI=1S/C26H25N5O6S/c1-15-14-38-23-19(22(33)31(23)20(15)24(34)35)27-21(32)18(16-8-4-2-5-9-16)28-25(36)30-13-12-29(26(30)37)17-10-6-3-7-11-17/h2-11,18-19,23H,12-14H2,1H3,(H,27,32)(H,28,36)(H,34,35)/t18-,19?,23-/m1/s1. The molecule has 38 heavy (non-hydrogen) atoms. The maximum Gasteiger partial charge on any atom is 0.352 e. The molecule has 0 aliphatic carbocycles. The van der Waals surface area contributed by atoms with E-state index in [0.717, 1.165) is 4.90 Å². The summed E-state index contributed by atoms with van der Waals surface area (Å²) in [6, 6.07) is 14.1. The number of para-hydroxylation sites is 1. The van der Waals surface area contributed by atoms with Crippen molar-refractivity contribution in [1.82, 2.24) is 20.4 Å². The number of nitrogens with zero attached hydrogens (tertiary/aromatic N) is 3. The normalized spacial score (nSPS) is 21.6. The molecule has 3 aliphatic rings. The molecular weight excluding hydrogens is 510 g/mol. The van der Waals surface area contributed by atoms with Gasteiger partial charge in [-0.2, -0.15) is 0 Å². The monoisotopic (exact) mass is 535 g/mol. The number of fused-ring (bicyclic) bond motifs is 1. The number of imide groups is 1. The van der Waals surface area contributed by atoms with E-state index < -0.39 is 47.3 Å². The van der Waals surface area contributed by atoms with Crippen molar-refractivity contribution in [3.05, 3.63) is 77.5 Å². The number of hydrogen-bond acceptors (Lipinski definition) is 6. The molecule has 3 heterocycles. The highest BCUT2D eigenvalue weighted by atomic mass is 32.2. The maximum atomic E-state index is 13.4. The van der Waals surface area contributed by atoms with Crippen molar-refractivity contribution in [2.75, 3.05) is 23.7 Å². The highest BCUT2D eigenvalue weighted by Gasteiger charge is 2.54. The van der Waals surface area contributed by atoms with Gasteiger partial charge in [-0.15, -0.1) is 11.8 Å². The van der Waals surface area contributed by atoms with Gasteiger partial charge in [-0.3, -0.25) is 19.4 Å². The molecule has 0 radical (unpaired) electrons. The average Bonchev–Trinajstić information content (AvgIpc) is 3.32. The Hall–Kier alpha value is -4.32. The van der Waals surface area contributed by atoms with Gasteiger partial charge < -0.3 is 15.7 Å². The minimum absolute atomic E-state index is 0.0623. The maximum absolute atomic E-state index is 13.4. The van der Waals surface area contributed by atoms with E-state index in [1.54, 1.807) is 61.5 Å². The van der Waals surface area contributed by atoms with Crippen LogP contribution < -0.4 is 15.5 Å². The lowest BCUT2D eigenvalue weighted by atomic mass is 10.0. The van der Waals surface area contributed by atoms with Gasteiger partial charge in [0.25, 0.3) is 5.91 Å². The molecule has 11 nitrogen and oxygen atoms in total. The van der Waals surface area contributed by atoms with Gasteiger partial charge in [-0.1, -0.05) is 48.5 Å². The number of hydrogen-bond donors (Lipinski definition) is 3. The Bertz CT molecular complexity index is 1330. The molecule has 196 valence electrons. The highest BCUT2D eigenvalue weighted by molar-refractivity contribution is 8.00. The predicted molar refractivity (Wildman–Crippen MR) is 139 cm³/mol. The summed E-state index contributed by atoms with van der Waals surface area (Å²) >= 11 is 1.36. The van der Waals surface area contributed by atoms with Crippen LogP contribution in [0.5, 0.6) is 0 Å². The molecule has 3 atom stereocenters. The zero-order chi connectivity index (χ0) is 27.0. The average molecular weight is 536 g/mol. The van der Waals surface area contributed by atoms with E-state index in [1.807, 2.05) is 6.07 Å². The van der Waals surface area contributed by atoms with Crippen molar-refractivity contribution < 1.29 is 29.1 Å². The lowest BCUT2D eigenvalue weighted by molar-refractivity contribution is -0.151. The Morgan fingerprint density at radius 1 is 1.00 bits per heavy atom. The molecule has 2 aromatic rings. The molecule has 0 aromatic heterocycles. The number of carboxylic acids is 1. The second kappa shape index (κ2) is 10.2. The first-order valence-corrected chi connectivity index (χ1v) is 13.0. The zero-order valence-corrected chi connectivity index (χ0v) is 21.2. The quantitative estimate of drug-likeness (QED) is 0.482. The molecule has 6 amide bonds. The first kappa shape index (κ1) is 25.3. The molecular formula is C26H25N5O6S. The largest absolute Gasteiger partial charge is 0.477 e. The van der Waals surface area contributed by atoms with Gasteiger partial charge in [0.2, 0.25) is 5.91 Å². The fourth-order valence-electron chi connectivity index (χ4n) is 4.73. The molecule has 2 saturated heterocycles.